The quantitative estimate of drug-likeness (QED) is 0.415. The Morgan fingerprint density at radius 3 is 2.67 bits per heavy atom. The third-order valence-electron chi connectivity index (χ3n) is 1.90. The van der Waals surface area contributed by atoms with E-state index in [0.717, 1.165) is 25.7 Å². The molecule has 1 atom stereocenters. The van der Waals surface area contributed by atoms with Crippen LogP contribution in [0.25, 0.3) is 0 Å². The topological polar surface area (TPSA) is 35.5 Å². The Morgan fingerprint density at radius 1 is 1.42 bits per heavy atom. The SMILES string of the molecule is CCC(CCCCOC=O)OC. The molecule has 3 heteroatoms. The fourth-order valence-electron chi connectivity index (χ4n) is 1.09. The molecule has 0 N–H and O–H groups in total. The van der Waals surface area contributed by atoms with Gasteiger partial charge in [0.1, 0.15) is 0 Å². The second kappa shape index (κ2) is 8.53. The van der Waals surface area contributed by atoms with Crippen molar-refractivity contribution in [3.8, 4) is 0 Å². The van der Waals surface area contributed by atoms with Crippen molar-refractivity contribution in [2.24, 2.45) is 0 Å². The van der Waals surface area contributed by atoms with E-state index >= 15 is 0 Å². The standard InChI is InChI=1S/C9H18O3/c1-3-9(11-2)6-4-5-7-12-8-10/h8-9H,3-7H2,1-2H3. The third kappa shape index (κ3) is 6.16. The summed E-state index contributed by atoms with van der Waals surface area (Å²) in [4.78, 5) is 9.77. The number of rotatable bonds is 8. The number of unbranched alkanes of at least 4 members (excludes halogenated alkanes) is 1. The molecule has 0 aliphatic heterocycles. The minimum absolute atomic E-state index is 0.362. The van der Waals surface area contributed by atoms with E-state index in [1.165, 1.54) is 0 Å². The number of methoxy groups -OCH3 is 1. The zero-order chi connectivity index (χ0) is 9.23. The van der Waals surface area contributed by atoms with Gasteiger partial charge >= 0.3 is 0 Å². The molecule has 0 bridgehead atoms. The minimum Gasteiger partial charge on any atom is -0.468 e. The van der Waals surface area contributed by atoms with Gasteiger partial charge in [0.2, 0.25) is 0 Å². The van der Waals surface area contributed by atoms with Crippen LogP contribution in [-0.2, 0) is 14.3 Å². The van der Waals surface area contributed by atoms with Crippen molar-refractivity contribution >= 4 is 6.47 Å². The first-order valence-electron chi connectivity index (χ1n) is 4.43. The van der Waals surface area contributed by atoms with Crippen molar-refractivity contribution in [3.05, 3.63) is 0 Å². The molecule has 72 valence electrons. The van der Waals surface area contributed by atoms with Gasteiger partial charge in [-0.2, -0.15) is 0 Å². The lowest BCUT2D eigenvalue weighted by molar-refractivity contribution is -0.128. The van der Waals surface area contributed by atoms with Crippen molar-refractivity contribution in [1.82, 2.24) is 0 Å². The highest BCUT2D eigenvalue weighted by Gasteiger charge is 2.02. The minimum atomic E-state index is 0.362. The maximum Gasteiger partial charge on any atom is 0.293 e. The van der Waals surface area contributed by atoms with E-state index in [0.29, 0.717) is 19.2 Å². The van der Waals surface area contributed by atoms with E-state index in [1.807, 2.05) is 0 Å². The molecule has 0 fully saturated rings. The van der Waals surface area contributed by atoms with Crippen molar-refractivity contribution in [2.45, 2.75) is 38.7 Å². The molecule has 0 radical (unpaired) electrons. The highest BCUT2D eigenvalue weighted by Crippen LogP contribution is 2.07. The molecule has 1 unspecified atom stereocenters. The number of hydrogen-bond donors (Lipinski definition) is 0. The molecule has 12 heavy (non-hydrogen) atoms. The third-order valence-corrected chi connectivity index (χ3v) is 1.90. The van der Waals surface area contributed by atoms with Crippen LogP contribution >= 0.6 is 0 Å². The summed E-state index contributed by atoms with van der Waals surface area (Å²) in [5, 5.41) is 0. The van der Waals surface area contributed by atoms with Crippen molar-refractivity contribution in [2.75, 3.05) is 13.7 Å². The molecular weight excluding hydrogens is 156 g/mol. The first-order chi connectivity index (χ1) is 5.85. The summed E-state index contributed by atoms with van der Waals surface area (Å²) >= 11 is 0. The summed E-state index contributed by atoms with van der Waals surface area (Å²) in [6.45, 7) is 3.13. The number of ether oxygens (including phenoxy) is 2. The van der Waals surface area contributed by atoms with E-state index in [-0.39, 0.29) is 0 Å². The summed E-state index contributed by atoms with van der Waals surface area (Å²) in [5.74, 6) is 0. The van der Waals surface area contributed by atoms with Gasteiger partial charge in [0.15, 0.2) is 0 Å². The van der Waals surface area contributed by atoms with Crippen molar-refractivity contribution in [3.63, 3.8) is 0 Å². The maximum absolute atomic E-state index is 9.77. The predicted octanol–water partition coefficient (Wildman–Crippen LogP) is 1.75. The van der Waals surface area contributed by atoms with Crippen LogP contribution in [-0.4, -0.2) is 26.3 Å². The Kier molecular flexibility index (Phi) is 8.12. The van der Waals surface area contributed by atoms with Crippen LogP contribution in [0, 0.1) is 0 Å². The summed E-state index contributed by atoms with van der Waals surface area (Å²) in [5.41, 5.74) is 0. The summed E-state index contributed by atoms with van der Waals surface area (Å²) in [6, 6.07) is 0. The van der Waals surface area contributed by atoms with E-state index in [4.69, 9.17) is 4.74 Å². The van der Waals surface area contributed by atoms with Gasteiger partial charge in [-0.15, -0.1) is 0 Å². The highest BCUT2D eigenvalue weighted by atomic mass is 16.5. The van der Waals surface area contributed by atoms with E-state index < -0.39 is 0 Å². The van der Waals surface area contributed by atoms with Gasteiger partial charge in [0.25, 0.3) is 6.47 Å². The van der Waals surface area contributed by atoms with Gasteiger partial charge in [0, 0.05) is 7.11 Å². The van der Waals surface area contributed by atoms with Crippen LogP contribution in [0.3, 0.4) is 0 Å². The summed E-state index contributed by atoms with van der Waals surface area (Å²) in [7, 11) is 1.73. The molecule has 0 aromatic heterocycles. The van der Waals surface area contributed by atoms with E-state index in [9.17, 15) is 4.79 Å². The van der Waals surface area contributed by atoms with Crippen LogP contribution in [0.4, 0.5) is 0 Å². The monoisotopic (exact) mass is 174 g/mol. The molecule has 0 aromatic carbocycles. The number of carbonyl (C=O) groups is 1. The Hall–Kier alpha value is -0.570. The van der Waals surface area contributed by atoms with Crippen molar-refractivity contribution in [1.29, 1.82) is 0 Å². The average molecular weight is 174 g/mol. The zero-order valence-electron chi connectivity index (χ0n) is 7.91. The smallest absolute Gasteiger partial charge is 0.293 e. The van der Waals surface area contributed by atoms with Gasteiger partial charge in [-0.1, -0.05) is 6.92 Å². The normalized spacial score (nSPS) is 12.5. The van der Waals surface area contributed by atoms with Gasteiger partial charge in [-0.3, -0.25) is 4.79 Å². The van der Waals surface area contributed by atoms with E-state index in [1.54, 1.807) is 7.11 Å². The molecule has 0 saturated heterocycles. The van der Waals surface area contributed by atoms with Gasteiger partial charge in [-0.05, 0) is 25.7 Å². The molecule has 0 aliphatic rings. The van der Waals surface area contributed by atoms with Crippen LogP contribution in [0.2, 0.25) is 0 Å². The van der Waals surface area contributed by atoms with Gasteiger partial charge in [-0.25, -0.2) is 0 Å². The first-order valence-corrected chi connectivity index (χ1v) is 4.43. The predicted molar refractivity (Wildman–Crippen MR) is 47.0 cm³/mol. The largest absolute Gasteiger partial charge is 0.468 e. The Bertz CT molecular complexity index is 99.9. The van der Waals surface area contributed by atoms with Crippen LogP contribution in [0.5, 0.6) is 0 Å². The molecule has 0 rings (SSSR count). The molecular formula is C9H18O3. The van der Waals surface area contributed by atoms with E-state index in [2.05, 4.69) is 11.7 Å². The first kappa shape index (κ1) is 11.4. The number of hydrogen-bond acceptors (Lipinski definition) is 3. The maximum atomic E-state index is 9.77. The molecule has 0 saturated carbocycles. The summed E-state index contributed by atoms with van der Waals surface area (Å²) < 4.78 is 9.76. The number of carbonyl (C=O) groups excluding carboxylic acids is 1. The zero-order valence-corrected chi connectivity index (χ0v) is 7.91. The van der Waals surface area contributed by atoms with Crippen LogP contribution < -0.4 is 0 Å². The lowest BCUT2D eigenvalue weighted by Gasteiger charge is -2.11. The lowest BCUT2D eigenvalue weighted by atomic mass is 10.1. The Balaban J connectivity index is 3.11. The van der Waals surface area contributed by atoms with Crippen molar-refractivity contribution < 1.29 is 14.3 Å². The molecule has 3 nitrogen and oxygen atoms in total. The second-order valence-electron chi connectivity index (χ2n) is 2.73. The molecule has 0 aromatic rings. The van der Waals surface area contributed by atoms with Crippen LogP contribution in [0.1, 0.15) is 32.6 Å². The van der Waals surface area contributed by atoms with Gasteiger partial charge in [0.05, 0.1) is 12.7 Å². The fraction of sp³-hybridized carbons (Fsp3) is 0.889. The lowest BCUT2D eigenvalue weighted by Crippen LogP contribution is -2.08. The molecule has 0 amide bonds. The van der Waals surface area contributed by atoms with Crippen LogP contribution in [0.15, 0.2) is 0 Å². The fourth-order valence-corrected chi connectivity index (χ4v) is 1.09. The summed E-state index contributed by atoms with van der Waals surface area (Å²) in [6.07, 6.45) is 4.44. The van der Waals surface area contributed by atoms with Gasteiger partial charge < -0.3 is 9.47 Å². The Labute approximate surface area is 74.0 Å². The average Bonchev–Trinajstić information content (AvgIpc) is 2.11. The molecule has 0 spiro atoms. The molecule has 0 aliphatic carbocycles. The molecule has 0 heterocycles. The highest BCUT2D eigenvalue weighted by molar-refractivity contribution is 5.36. The Morgan fingerprint density at radius 2 is 2.17 bits per heavy atom. The second-order valence-corrected chi connectivity index (χ2v) is 2.73.